The number of halogens is 1. The fourth-order valence-electron chi connectivity index (χ4n) is 3.80. The number of anilines is 1. The molecule has 24 heavy (non-hydrogen) atoms. The van der Waals surface area contributed by atoms with Gasteiger partial charge in [-0.05, 0) is 50.7 Å². The number of para-hydroxylation sites is 1. The Bertz CT molecular complexity index is 591. The van der Waals surface area contributed by atoms with Crippen LogP contribution < -0.4 is 10.6 Å². The van der Waals surface area contributed by atoms with Crippen LogP contribution in [-0.2, 0) is 9.59 Å². The van der Waals surface area contributed by atoms with Gasteiger partial charge in [0.2, 0.25) is 11.8 Å². The molecular formula is C19H25ClN2O2. The first-order valence-corrected chi connectivity index (χ1v) is 9.37. The van der Waals surface area contributed by atoms with Crippen LogP contribution in [0.2, 0.25) is 5.02 Å². The smallest absolute Gasteiger partial charge is 0.227 e. The molecule has 2 N–H and O–H groups in total. The van der Waals surface area contributed by atoms with Crippen LogP contribution in [0.3, 0.4) is 0 Å². The van der Waals surface area contributed by atoms with E-state index in [1.807, 2.05) is 12.1 Å². The Morgan fingerprint density at radius 1 is 0.875 bits per heavy atom. The van der Waals surface area contributed by atoms with E-state index < -0.39 is 0 Å². The Balaban J connectivity index is 1.46. The normalized spacial score (nSPS) is 24.5. The first kappa shape index (κ1) is 17.3. The van der Waals surface area contributed by atoms with Crippen LogP contribution in [0.4, 0.5) is 5.69 Å². The number of carbonyl (C=O) groups excluding carboxylic acids is 2. The molecule has 0 unspecified atom stereocenters. The van der Waals surface area contributed by atoms with Crippen molar-refractivity contribution in [3.05, 3.63) is 29.3 Å². The number of amides is 2. The molecule has 2 saturated carbocycles. The molecule has 2 amide bonds. The first-order chi connectivity index (χ1) is 11.6. The summed E-state index contributed by atoms with van der Waals surface area (Å²) in [5.41, 5.74) is 0.658. The van der Waals surface area contributed by atoms with Gasteiger partial charge >= 0.3 is 0 Å². The van der Waals surface area contributed by atoms with Crippen molar-refractivity contribution in [2.45, 2.75) is 57.4 Å². The highest BCUT2D eigenvalue weighted by Crippen LogP contribution is 2.31. The van der Waals surface area contributed by atoms with Crippen molar-refractivity contribution in [2.75, 3.05) is 5.32 Å². The van der Waals surface area contributed by atoms with Crippen molar-refractivity contribution in [3.8, 4) is 0 Å². The Morgan fingerprint density at radius 2 is 1.46 bits per heavy atom. The van der Waals surface area contributed by atoms with Gasteiger partial charge in [0.15, 0.2) is 0 Å². The summed E-state index contributed by atoms with van der Waals surface area (Å²) in [4.78, 5) is 24.7. The lowest BCUT2D eigenvalue weighted by atomic mass is 9.81. The van der Waals surface area contributed by atoms with Gasteiger partial charge < -0.3 is 10.6 Å². The summed E-state index contributed by atoms with van der Waals surface area (Å²) in [5.74, 6) is 0.233. The summed E-state index contributed by atoms with van der Waals surface area (Å²) in [5, 5.41) is 6.65. The summed E-state index contributed by atoms with van der Waals surface area (Å²) in [7, 11) is 0. The molecule has 0 aromatic heterocycles. The topological polar surface area (TPSA) is 58.2 Å². The lowest BCUT2D eigenvalue weighted by Crippen LogP contribution is -2.39. The zero-order valence-corrected chi connectivity index (χ0v) is 14.6. The molecular weight excluding hydrogens is 324 g/mol. The molecule has 2 aliphatic rings. The van der Waals surface area contributed by atoms with Crippen LogP contribution in [0.1, 0.15) is 51.4 Å². The zero-order valence-electron chi connectivity index (χ0n) is 13.9. The van der Waals surface area contributed by atoms with Crippen LogP contribution in [0.5, 0.6) is 0 Å². The van der Waals surface area contributed by atoms with Gasteiger partial charge in [0.05, 0.1) is 10.7 Å². The van der Waals surface area contributed by atoms with Gasteiger partial charge in [0, 0.05) is 17.9 Å². The maximum atomic E-state index is 12.4. The second-order valence-electron chi connectivity index (χ2n) is 7.01. The third-order valence-corrected chi connectivity index (χ3v) is 5.63. The van der Waals surface area contributed by atoms with Crippen LogP contribution in [-0.4, -0.2) is 17.9 Å². The molecule has 2 fully saturated rings. The molecule has 0 spiro atoms. The molecule has 0 aliphatic heterocycles. The summed E-state index contributed by atoms with van der Waals surface area (Å²) in [6.45, 7) is 0. The van der Waals surface area contributed by atoms with Crippen molar-refractivity contribution < 1.29 is 9.59 Å². The van der Waals surface area contributed by atoms with Crippen LogP contribution in [0.15, 0.2) is 24.3 Å². The van der Waals surface area contributed by atoms with Crippen molar-refractivity contribution in [1.82, 2.24) is 5.32 Å². The Morgan fingerprint density at radius 3 is 2.08 bits per heavy atom. The molecule has 0 bridgehead atoms. The number of hydrogen-bond donors (Lipinski definition) is 2. The van der Waals surface area contributed by atoms with E-state index in [4.69, 9.17) is 11.6 Å². The molecule has 3 rings (SSSR count). The molecule has 2 aliphatic carbocycles. The van der Waals surface area contributed by atoms with Crippen molar-refractivity contribution in [3.63, 3.8) is 0 Å². The fourth-order valence-corrected chi connectivity index (χ4v) is 3.99. The molecule has 0 heterocycles. The van der Waals surface area contributed by atoms with Crippen molar-refractivity contribution >= 4 is 29.1 Å². The third kappa shape index (κ3) is 4.29. The second kappa shape index (κ2) is 8.02. The predicted octanol–water partition coefficient (Wildman–Crippen LogP) is 4.14. The molecule has 0 saturated heterocycles. The average molecular weight is 349 g/mol. The van der Waals surface area contributed by atoms with Gasteiger partial charge in [0.1, 0.15) is 0 Å². The highest BCUT2D eigenvalue weighted by molar-refractivity contribution is 6.33. The number of nitrogens with one attached hydrogen (secondary N) is 2. The van der Waals surface area contributed by atoms with E-state index in [0.717, 1.165) is 38.5 Å². The number of rotatable bonds is 4. The van der Waals surface area contributed by atoms with E-state index in [1.54, 1.807) is 12.1 Å². The number of carbonyl (C=O) groups is 2. The fraction of sp³-hybridized carbons (Fsp3) is 0.579. The van der Waals surface area contributed by atoms with Gasteiger partial charge in [-0.1, -0.05) is 36.6 Å². The molecule has 130 valence electrons. The maximum Gasteiger partial charge on any atom is 0.227 e. The third-order valence-electron chi connectivity index (χ3n) is 5.30. The van der Waals surface area contributed by atoms with Gasteiger partial charge in [-0.3, -0.25) is 9.59 Å². The minimum atomic E-state index is -0.0307. The van der Waals surface area contributed by atoms with E-state index in [9.17, 15) is 9.59 Å². The van der Waals surface area contributed by atoms with Crippen molar-refractivity contribution in [1.29, 1.82) is 0 Å². The predicted molar refractivity (Wildman–Crippen MR) is 95.9 cm³/mol. The van der Waals surface area contributed by atoms with E-state index in [2.05, 4.69) is 10.6 Å². The number of hydrogen-bond acceptors (Lipinski definition) is 2. The second-order valence-corrected chi connectivity index (χ2v) is 7.41. The molecule has 1 aromatic rings. The number of benzene rings is 1. The quantitative estimate of drug-likeness (QED) is 0.859. The summed E-state index contributed by atoms with van der Waals surface area (Å²) >= 11 is 6.09. The minimum Gasteiger partial charge on any atom is -0.353 e. The molecule has 0 radical (unpaired) electrons. The Labute approximate surface area is 148 Å². The first-order valence-electron chi connectivity index (χ1n) is 8.99. The highest BCUT2D eigenvalue weighted by atomic mass is 35.5. The largest absolute Gasteiger partial charge is 0.353 e. The molecule has 1 aromatic carbocycles. The zero-order chi connectivity index (χ0) is 16.9. The van der Waals surface area contributed by atoms with E-state index in [0.29, 0.717) is 16.8 Å². The Kier molecular flexibility index (Phi) is 5.77. The maximum absolute atomic E-state index is 12.4. The lowest BCUT2D eigenvalue weighted by molar-refractivity contribution is -0.129. The lowest BCUT2D eigenvalue weighted by Gasteiger charge is -2.28. The van der Waals surface area contributed by atoms with Gasteiger partial charge in [-0.25, -0.2) is 0 Å². The Hall–Kier alpha value is -1.55. The van der Waals surface area contributed by atoms with Crippen LogP contribution in [0.25, 0.3) is 0 Å². The molecule has 5 heteroatoms. The summed E-state index contributed by atoms with van der Waals surface area (Å²) < 4.78 is 0. The van der Waals surface area contributed by atoms with E-state index >= 15 is 0 Å². The van der Waals surface area contributed by atoms with E-state index in [-0.39, 0.29) is 23.7 Å². The van der Waals surface area contributed by atoms with Gasteiger partial charge in [0.25, 0.3) is 0 Å². The standard InChI is InChI=1S/C19H25ClN2O2/c20-16-7-3-4-8-17(16)22-19(24)14-11-9-13(10-12-14)18(23)21-15-5-1-2-6-15/h3-4,7-8,13-15H,1-2,5-6,9-12H2,(H,21,23)(H,22,24). The summed E-state index contributed by atoms with van der Waals surface area (Å²) in [6, 6.07) is 7.64. The SMILES string of the molecule is O=C(Nc1ccccc1Cl)C1CCC(C(=O)NC2CCCC2)CC1. The molecule has 0 atom stereocenters. The minimum absolute atomic E-state index is 0.0118. The molecule has 4 nitrogen and oxygen atoms in total. The van der Waals surface area contributed by atoms with Crippen molar-refractivity contribution in [2.24, 2.45) is 11.8 Å². The van der Waals surface area contributed by atoms with Gasteiger partial charge in [-0.2, -0.15) is 0 Å². The summed E-state index contributed by atoms with van der Waals surface area (Å²) in [6.07, 6.45) is 7.78. The average Bonchev–Trinajstić information content (AvgIpc) is 3.10. The van der Waals surface area contributed by atoms with Crippen LogP contribution >= 0.6 is 11.6 Å². The van der Waals surface area contributed by atoms with Gasteiger partial charge in [-0.15, -0.1) is 0 Å². The van der Waals surface area contributed by atoms with E-state index in [1.165, 1.54) is 12.8 Å². The van der Waals surface area contributed by atoms with Crippen LogP contribution in [0, 0.1) is 11.8 Å². The monoisotopic (exact) mass is 348 g/mol. The highest BCUT2D eigenvalue weighted by Gasteiger charge is 2.31.